The number of anilines is 1. The van der Waals surface area contributed by atoms with Gasteiger partial charge in [0.1, 0.15) is 11.6 Å². The van der Waals surface area contributed by atoms with Crippen LogP contribution in [-0.4, -0.2) is 20.1 Å². The van der Waals surface area contributed by atoms with Crippen LogP contribution < -0.4 is 5.32 Å². The molecule has 0 aliphatic heterocycles. The summed E-state index contributed by atoms with van der Waals surface area (Å²) in [6, 6.07) is 2.15. The van der Waals surface area contributed by atoms with Gasteiger partial charge in [0, 0.05) is 17.6 Å². The Bertz CT molecular complexity index is 649. The Morgan fingerprint density at radius 1 is 1.58 bits per heavy atom. The van der Waals surface area contributed by atoms with Crippen molar-refractivity contribution in [3.8, 4) is 6.07 Å². The number of hydrogen-bond acceptors (Lipinski definition) is 5. The second kappa shape index (κ2) is 5.20. The molecule has 2 heterocycles. The SMILES string of the molecule is Cc1nscc1C(=O)Nc1nn(C(C)C)cc1C#N. The molecule has 2 rings (SSSR count). The Labute approximate surface area is 114 Å². The highest BCUT2D eigenvalue weighted by atomic mass is 32.1. The lowest BCUT2D eigenvalue weighted by atomic mass is 10.2. The van der Waals surface area contributed by atoms with Crippen LogP contribution in [0.3, 0.4) is 0 Å². The van der Waals surface area contributed by atoms with Crippen molar-refractivity contribution in [3.63, 3.8) is 0 Å². The number of aryl methyl sites for hydroxylation is 1. The second-order valence-corrected chi connectivity index (χ2v) is 4.97. The van der Waals surface area contributed by atoms with Gasteiger partial charge in [0.15, 0.2) is 5.82 Å². The van der Waals surface area contributed by atoms with E-state index in [0.29, 0.717) is 16.8 Å². The highest BCUT2D eigenvalue weighted by Crippen LogP contribution is 2.17. The van der Waals surface area contributed by atoms with Crippen molar-refractivity contribution >= 4 is 23.3 Å². The molecule has 98 valence electrons. The predicted molar refractivity (Wildman–Crippen MR) is 72.1 cm³/mol. The summed E-state index contributed by atoms with van der Waals surface area (Å²) in [5.74, 6) is -0.0106. The van der Waals surface area contributed by atoms with Crippen molar-refractivity contribution in [2.45, 2.75) is 26.8 Å². The van der Waals surface area contributed by atoms with Gasteiger partial charge in [0.2, 0.25) is 0 Å². The van der Waals surface area contributed by atoms with E-state index in [1.54, 1.807) is 23.2 Å². The van der Waals surface area contributed by atoms with Crippen LogP contribution in [0.15, 0.2) is 11.6 Å². The van der Waals surface area contributed by atoms with Crippen LogP contribution in [-0.2, 0) is 0 Å². The van der Waals surface area contributed by atoms with E-state index < -0.39 is 0 Å². The maximum absolute atomic E-state index is 12.0. The Kier molecular flexibility index (Phi) is 3.62. The Morgan fingerprint density at radius 3 is 2.84 bits per heavy atom. The minimum Gasteiger partial charge on any atom is -0.304 e. The number of nitrogens with one attached hydrogen (secondary N) is 1. The summed E-state index contributed by atoms with van der Waals surface area (Å²) < 4.78 is 5.69. The first-order valence-electron chi connectivity index (χ1n) is 5.74. The van der Waals surface area contributed by atoms with E-state index in [9.17, 15) is 4.79 Å². The van der Waals surface area contributed by atoms with Gasteiger partial charge in [0.25, 0.3) is 5.91 Å². The fourth-order valence-corrected chi connectivity index (χ4v) is 2.21. The van der Waals surface area contributed by atoms with Crippen molar-refractivity contribution < 1.29 is 4.79 Å². The molecular weight excluding hydrogens is 262 g/mol. The molecule has 0 bridgehead atoms. The van der Waals surface area contributed by atoms with Crippen LogP contribution in [0.5, 0.6) is 0 Å². The van der Waals surface area contributed by atoms with E-state index in [-0.39, 0.29) is 17.8 Å². The molecule has 0 aromatic carbocycles. The molecule has 7 heteroatoms. The molecule has 0 unspecified atom stereocenters. The van der Waals surface area contributed by atoms with Gasteiger partial charge in [-0.05, 0) is 32.3 Å². The fourth-order valence-electron chi connectivity index (χ4n) is 1.52. The highest BCUT2D eigenvalue weighted by Gasteiger charge is 2.16. The van der Waals surface area contributed by atoms with Gasteiger partial charge in [-0.25, -0.2) is 0 Å². The van der Waals surface area contributed by atoms with Crippen molar-refractivity contribution in [3.05, 3.63) is 28.4 Å². The molecule has 0 atom stereocenters. The van der Waals surface area contributed by atoms with E-state index in [1.807, 2.05) is 19.9 Å². The lowest BCUT2D eigenvalue weighted by molar-refractivity contribution is 0.102. The van der Waals surface area contributed by atoms with E-state index >= 15 is 0 Å². The zero-order valence-electron chi connectivity index (χ0n) is 10.8. The van der Waals surface area contributed by atoms with Crippen molar-refractivity contribution in [2.24, 2.45) is 0 Å². The zero-order valence-corrected chi connectivity index (χ0v) is 11.7. The van der Waals surface area contributed by atoms with E-state index in [1.165, 1.54) is 11.5 Å². The van der Waals surface area contributed by atoms with Crippen molar-refractivity contribution in [1.82, 2.24) is 14.2 Å². The second-order valence-electron chi connectivity index (χ2n) is 4.34. The van der Waals surface area contributed by atoms with Gasteiger partial charge in [-0.2, -0.15) is 14.7 Å². The number of nitriles is 1. The molecule has 0 radical (unpaired) electrons. The minimum absolute atomic E-state index is 0.127. The predicted octanol–water partition coefficient (Wildman–Crippen LogP) is 2.35. The van der Waals surface area contributed by atoms with Crippen LogP contribution in [0.25, 0.3) is 0 Å². The molecule has 1 amide bonds. The van der Waals surface area contributed by atoms with Crippen LogP contribution in [0, 0.1) is 18.3 Å². The lowest BCUT2D eigenvalue weighted by Gasteiger charge is -2.04. The average Bonchev–Trinajstić information content (AvgIpc) is 2.95. The quantitative estimate of drug-likeness (QED) is 0.932. The maximum atomic E-state index is 12.0. The summed E-state index contributed by atoms with van der Waals surface area (Å²) >= 11 is 1.22. The number of carbonyl (C=O) groups excluding carboxylic acids is 1. The minimum atomic E-state index is -0.295. The Hall–Kier alpha value is -2.20. The van der Waals surface area contributed by atoms with Gasteiger partial charge >= 0.3 is 0 Å². The first kappa shape index (κ1) is 13.2. The summed E-state index contributed by atoms with van der Waals surface area (Å²) in [6.07, 6.45) is 1.62. The van der Waals surface area contributed by atoms with Gasteiger partial charge in [-0.1, -0.05) is 0 Å². The third-order valence-corrected chi connectivity index (χ3v) is 3.33. The first-order chi connectivity index (χ1) is 9.02. The average molecular weight is 275 g/mol. The number of rotatable bonds is 3. The third-order valence-electron chi connectivity index (χ3n) is 2.61. The Morgan fingerprint density at radius 2 is 2.32 bits per heavy atom. The molecule has 6 nitrogen and oxygen atoms in total. The molecule has 2 aromatic heterocycles. The summed E-state index contributed by atoms with van der Waals surface area (Å²) in [5, 5.41) is 17.6. The fraction of sp³-hybridized carbons (Fsp3) is 0.333. The highest BCUT2D eigenvalue weighted by molar-refractivity contribution is 7.04. The molecule has 19 heavy (non-hydrogen) atoms. The standard InChI is InChI=1S/C12H13N5OS/c1-7(2)17-5-9(4-13)11(15-17)14-12(18)10-6-19-16-8(10)3/h5-7H,1-3H3,(H,14,15,18). The lowest BCUT2D eigenvalue weighted by Crippen LogP contribution is -2.14. The summed E-state index contributed by atoms with van der Waals surface area (Å²) in [7, 11) is 0. The normalized spacial score (nSPS) is 10.5. The zero-order chi connectivity index (χ0) is 14.0. The molecule has 0 aliphatic carbocycles. The van der Waals surface area contributed by atoms with Crippen molar-refractivity contribution in [2.75, 3.05) is 5.32 Å². The van der Waals surface area contributed by atoms with Crippen LogP contribution in [0.2, 0.25) is 0 Å². The van der Waals surface area contributed by atoms with Crippen LogP contribution in [0.4, 0.5) is 5.82 Å². The number of hydrogen-bond donors (Lipinski definition) is 1. The Balaban J connectivity index is 2.27. The van der Waals surface area contributed by atoms with Gasteiger partial charge in [-0.15, -0.1) is 0 Å². The summed E-state index contributed by atoms with van der Waals surface area (Å²) in [5.41, 5.74) is 1.53. The number of carbonyl (C=O) groups is 1. The molecule has 0 saturated heterocycles. The molecule has 1 N–H and O–H groups in total. The molecule has 0 spiro atoms. The largest absolute Gasteiger partial charge is 0.304 e. The third kappa shape index (κ3) is 2.63. The molecule has 0 aliphatic rings. The smallest absolute Gasteiger partial charge is 0.259 e. The van der Waals surface area contributed by atoms with Gasteiger partial charge in [-0.3, -0.25) is 9.48 Å². The molecule has 2 aromatic rings. The van der Waals surface area contributed by atoms with Crippen LogP contribution >= 0.6 is 11.5 Å². The summed E-state index contributed by atoms with van der Waals surface area (Å²) in [4.78, 5) is 12.0. The van der Waals surface area contributed by atoms with E-state index in [4.69, 9.17) is 5.26 Å². The topological polar surface area (TPSA) is 83.6 Å². The van der Waals surface area contributed by atoms with Crippen LogP contribution in [0.1, 0.15) is 41.5 Å². The molecule has 0 fully saturated rings. The van der Waals surface area contributed by atoms with E-state index in [0.717, 1.165) is 0 Å². The maximum Gasteiger partial charge on any atom is 0.259 e. The monoisotopic (exact) mass is 275 g/mol. The number of aromatic nitrogens is 3. The van der Waals surface area contributed by atoms with E-state index in [2.05, 4.69) is 14.8 Å². The van der Waals surface area contributed by atoms with Gasteiger partial charge < -0.3 is 5.32 Å². The van der Waals surface area contributed by atoms with Gasteiger partial charge in [0.05, 0.1) is 11.3 Å². The molecule has 0 saturated carbocycles. The number of amides is 1. The van der Waals surface area contributed by atoms with Crippen molar-refractivity contribution in [1.29, 1.82) is 5.26 Å². The number of nitrogens with zero attached hydrogens (tertiary/aromatic N) is 4. The molecular formula is C12H13N5OS. The first-order valence-corrected chi connectivity index (χ1v) is 6.58. The summed E-state index contributed by atoms with van der Waals surface area (Å²) in [6.45, 7) is 5.67.